The first-order valence-corrected chi connectivity index (χ1v) is 8.46. The van der Waals surface area contributed by atoms with Gasteiger partial charge in [-0.15, -0.1) is 5.10 Å². The number of aryl methyl sites for hydroxylation is 1. The SMILES string of the molecule is Cc1ccc(C=NN=C2SCC(=O)N2Cc2ccc(F)cc2)cc1. The molecule has 1 aliphatic rings. The smallest absolute Gasteiger partial charge is 0.239 e. The van der Waals surface area contributed by atoms with Gasteiger partial charge in [0.25, 0.3) is 0 Å². The van der Waals surface area contributed by atoms with Crippen molar-refractivity contribution in [3.05, 3.63) is 71.0 Å². The van der Waals surface area contributed by atoms with E-state index in [1.807, 2.05) is 31.2 Å². The minimum Gasteiger partial charge on any atom is -0.285 e. The second-order valence-corrected chi connectivity index (χ2v) is 6.38. The fourth-order valence-electron chi connectivity index (χ4n) is 2.20. The third-order valence-corrected chi connectivity index (χ3v) is 4.49. The van der Waals surface area contributed by atoms with E-state index in [2.05, 4.69) is 10.2 Å². The molecule has 2 aromatic rings. The molecule has 0 saturated carbocycles. The number of benzene rings is 2. The van der Waals surface area contributed by atoms with Crippen molar-refractivity contribution in [3.8, 4) is 0 Å². The van der Waals surface area contributed by atoms with Gasteiger partial charge < -0.3 is 0 Å². The summed E-state index contributed by atoms with van der Waals surface area (Å²) in [6.45, 7) is 2.39. The second kappa shape index (κ2) is 7.40. The topological polar surface area (TPSA) is 45.0 Å². The molecule has 4 nitrogen and oxygen atoms in total. The van der Waals surface area contributed by atoms with Crippen molar-refractivity contribution in [2.24, 2.45) is 10.2 Å². The summed E-state index contributed by atoms with van der Waals surface area (Å²) in [5.41, 5.74) is 2.98. The molecule has 2 aromatic carbocycles. The number of hydrogen-bond donors (Lipinski definition) is 0. The van der Waals surface area contributed by atoms with Crippen LogP contribution < -0.4 is 0 Å². The molecule has 1 heterocycles. The third kappa shape index (κ3) is 4.08. The number of carbonyl (C=O) groups is 1. The molecule has 0 radical (unpaired) electrons. The van der Waals surface area contributed by atoms with Gasteiger partial charge in [-0.2, -0.15) is 5.10 Å². The van der Waals surface area contributed by atoms with E-state index >= 15 is 0 Å². The largest absolute Gasteiger partial charge is 0.285 e. The summed E-state index contributed by atoms with van der Waals surface area (Å²) >= 11 is 1.36. The monoisotopic (exact) mass is 341 g/mol. The van der Waals surface area contributed by atoms with Crippen molar-refractivity contribution in [1.82, 2.24) is 4.90 Å². The molecule has 1 aliphatic heterocycles. The molecule has 0 atom stereocenters. The first-order chi connectivity index (χ1) is 11.6. The van der Waals surface area contributed by atoms with E-state index in [0.29, 0.717) is 17.5 Å². The molecule has 0 unspecified atom stereocenters. The zero-order valence-corrected chi connectivity index (χ0v) is 14.0. The van der Waals surface area contributed by atoms with E-state index < -0.39 is 0 Å². The van der Waals surface area contributed by atoms with Crippen molar-refractivity contribution in [3.63, 3.8) is 0 Å². The van der Waals surface area contributed by atoms with Crippen LogP contribution in [0.3, 0.4) is 0 Å². The maximum Gasteiger partial charge on any atom is 0.239 e. The normalized spacial score (nSPS) is 16.5. The number of amides is 1. The van der Waals surface area contributed by atoms with Gasteiger partial charge in [0.2, 0.25) is 5.91 Å². The number of hydrogen-bond acceptors (Lipinski definition) is 4. The lowest BCUT2D eigenvalue weighted by Gasteiger charge is -2.15. The van der Waals surface area contributed by atoms with Crippen molar-refractivity contribution in [2.45, 2.75) is 13.5 Å². The van der Waals surface area contributed by atoms with Crippen LogP contribution in [0.2, 0.25) is 0 Å². The minimum atomic E-state index is -0.294. The lowest BCUT2D eigenvalue weighted by molar-refractivity contribution is -0.124. The van der Waals surface area contributed by atoms with Crippen LogP contribution in [-0.2, 0) is 11.3 Å². The van der Waals surface area contributed by atoms with Gasteiger partial charge in [0.15, 0.2) is 5.17 Å². The van der Waals surface area contributed by atoms with E-state index in [4.69, 9.17) is 0 Å². The second-order valence-electron chi connectivity index (χ2n) is 5.43. The Kier molecular flexibility index (Phi) is 5.05. The quantitative estimate of drug-likeness (QED) is 0.630. The maximum absolute atomic E-state index is 13.0. The van der Waals surface area contributed by atoms with Crippen LogP contribution in [0, 0.1) is 12.7 Å². The summed E-state index contributed by atoms with van der Waals surface area (Å²) in [6.07, 6.45) is 1.66. The molecule has 3 rings (SSSR count). The number of nitrogens with zero attached hydrogens (tertiary/aromatic N) is 3. The zero-order valence-electron chi connectivity index (χ0n) is 13.1. The summed E-state index contributed by atoms with van der Waals surface area (Å²) in [6, 6.07) is 14.0. The van der Waals surface area contributed by atoms with Crippen LogP contribution in [-0.4, -0.2) is 27.9 Å². The summed E-state index contributed by atoms with van der Waals surface area (Å²) in [4.78, 5) is 13.6. The molecule has 1 fully saturated rings. The predicted molar refractivity (Wildman–Crippen MR) is 95.6 cm³/mol. The van der Waals surface area contributed by atoms with Crippen molar-refractivity contribution in [2.75, 3.05) is 5.75 Å². The van der Waals surface area contributed by atoms with Crippen LogP contribution >= 0.6 is 11.8 Å². The summed E-state index contributed by atoms with van der Waals surface area (Å²) in [7, 11) is 0. The number of amidine groups is 1. The van der Waals surface area contributed by atoms with E-state index in [1.165, 1.54) is 29.5 Å². The zero-order chi connectivity index (χ0) is 16.9. The van der Waals surface area contributed by atoms with E-state index in [-0.39, 0.29) is 11.7 Å². The highest BCUT2D eigenvalue weighted by Crippen LogP contribution is 2.22. The van der Waals surface area contributed by atoms with Gasteiger partial charge >= 0.3 is 0 Å². The Balaban J connectivity index is 1.72. The third-order valence-electron chi connectivity index (χ3n) is 3.54. The highest BCUT2D eigenvalue weighted by molar-refractivity contribution is 8.15. The Hall–Kier alpha value is -2.47. The van der Waals surface area contributed by atoms with Crippen LogP contribution in [0.15, 0.2) is 58.7 Å². The first kappa shape index (κ1) is 16.4. The predicted octanol–water partition coefficient (Wildman–Crippen LogP) is 3.60. The number of carbonyl (C=O) groups excluding carboxylic acids is 1. The lowest BCUT2D eigenvalue weighted by atomic mass is 10.2. The molecular weight excluding hydrogens is 325 g/mol. The first-order valence-electron chi connectivity index (χ1n) is 7.47. The van der Waals surface area contributed by atoms with Gasteiger partial charge in [-0.25, -0.2) is 4.39 Å². The molecule has 0 N–H and O–H groups in total. The van der Waals surface area contributed by atoms with Gasteiger partial charge in [0.05, 0.1) is 18.5 Å². The molecule has 6 heteroatoms. The van der Waals surface area contributed by atoms with E-state index in [0.717, 1.165) is 11.1 Å². The molecule has 1 saturated heterocycles. The van der Waals surface area contributed by atoms with E-state index in [1.54, 1.807) is 23.2 Å². The lowest BCUT2D eigenvalue weighted by Crippen LogP contribution is -2.28. The Morgan fingerprint density at radius 3 is 2.58 bits per heavy atom. The molecule has 24 heavy (non-hydrogen) atoms. The fourth-order valence-corrected chi connectivity index (χ4v) is 3.03. The van der Waals surface area contributed by atoms with Crippen molar-refractivity contribution >= 4 is 29.1 Å². The van der Waals surface area contributed by atoms with Gasteiger partial charge in [0, 0.05) is 0 Å². The summed E-state index contributed by atoms with van der Waals surface area (Å²) < 4.78 is 13.0. The van der Waals surface area contributed by atoms with Crippen LogP contribution in [0.1, 0.15) is 16.7 Å². The fraction of sp³-hybridized carbons (Fsp3) is 0.167. The molecule has 0 spiro atoms. The van der Waals surface area contributed by atoms with Gasteiger partial charge in [-0.1, -0.05) is 53.7 Å². The molecule has 0 bridgehead atoms. The number of thioether (sulfide) groups is 1. The molecular formula is C18H16FN3OS. The summed E-state index contributed by atoms with van der Waals surface area (Å²) in [5, 5.41) is 8.81. The average molecular weight is 341 g/mol. The van der Waals surface area contributed by atoms with Crippen molar-refractivity contribution < 1.29 is 9.18 Å². The van der Waals surface area contributed by atoms with E-state index in [9.17, 15) is 9.18 Å². The van der Waals surface area contributed by atoms with Crippen molar-refractivity contribution in [1.29, 1.82) is 0 Å². The highest BCUT2D eigenvalue weighted by atomic mass is 32.2. The maximum atomic E-state index is 13.0. The van der Waals surface area contributed by atoms with Gasteiger partial charge in [-0.05, 0) is 30.2 Å². The molecule has 0 aliphatic carbocycles. The van der Waals surface area contributed by atoms with Crippen LogP contribution in [0.5, 0.6) is 0 Å². The summed E-state index contributed by atoms with van der Waals surface area (Å²) in [5.74, 6) is 0.0335. The van der Waals surface area contributed by atoms with Gasteiger partial charge in [-0.3, -0.25) is 9.69 Å². The van der Waals surface area contributed by atoms with Crippen LogP contribution in [0.4, 0.5) is 4.39 Å². The highest BCUT2D eigenvalue weighted by Gasteiger charge is 2.28. The number of halogens is 1. The number of rotatable bonds is 4. The molecule has 0 aromatic heterocycles. The Morgan fingerprint density at radius 2 is 1.88 bits per heavy atom. The Bertz CT molecular complexity index is 785. The minimum absolute atomic E-state index is 0.0198. The molecule has 122 valence electrons. The van der Waals surface area contributed by atoms with Crippen LogP contribution in [0.25, 0.3) is 0 Å². The average Bonchev–Trinajstić information content (AvgIpc) is 2.92. The Morgan fingerprint density at radius 1 is 1.17 bits per heavy atom. The Labute approximate surface area is 144 Å². The van der Waals surface area contributed by atoms with Gasteiger partial charge in [0.1, 0.15) is 5.82 Å². The molecule has 1 amide bonds. The standard InChI is InChI=1S/C18H16FN3OS/c1-13-2-4-14(5-3-13)10-20-21-18-22(17(23)12-24-18)11-15-6-8-16(19)9-7-15/h2-10H,11-12H2,1H3.